The highest BCUT2D eigenvalue weighted by Gasteiger charge is 2.12. The van der Waals surface area contributed by atoms with Crippen LogP contribution >= 0.6 is 0 Å². The summed E-state index contributed by atoms with van der Waals surface area (Å²) < 4.78 is 0. The molecule has 1 N–H and O–H groups in total. The monoisotopic (exact) mass is 240 g/mol. The quantitative estimate of drug-likeness (QED) is 0.872. The van der Waals surface area contributed by atoms with Crippen molar-refractivity contribution in [2.24, 2.45) is 5.92 Å². The van der Waals surface area contributed by atoms with Gasteiger partial charge in [-0.1, -0.05) is 18.2 Å². The van der Waals surface area contributed by atoms with Gasteiger partial charge in [-0.3, -0.25) is 4.98 Å². The van der Waals surface area contributed by atoms with E-state index >= 15 is 0 Å². The van der Waals surface area contributed by atoms with Crippen LogP contribution in [0.3, 0.4) is 0 Å². The van der Waals surface area contributed by atoms with Crippen molar-refractivity contribution >= 4 is 10.8 Å². The van der Waals surface area contributed by atoms with E-state index in [1.165, 1.54) is 55.1 Å². The molecule has 18 heavy (non-hydrogen) atoms. The molecule has 2 heterocycles. The van der Waals surface area contributed by atoms with Crippen LogP contribution in [0, 0.1) is 5.92 Å². The molecule has 1 aromatic carbocycles. The van der Waals surface area contributed by atoms with Crippen molar-refractivity contribution in [2.45, 2.75) is 25.7 Å². The van der Waals surface area contributed by atoms with Crippen molar-refractivity contribution in [3.8, 4) is 0 Å². The fraction of sp³-hybridized carbons (Fsp3) is 0.438. The van der Waals surface area contributed by atoms with Gasteiger partial charge in [0.2, 0.25) is 0 Å². The topological polar surface area (TPSA) is 24.9 Å². The summed E-state index contributed by atoms with van der Waals surface area (Å²) in [6.45, 7) is 2.38. The Bertz CT molecular complexity index is 513. The predicted molar refractivity (Wildman–Crippen MR) is 75.7 cm³/mol. The zero-order chi connectivity index (χ0) is 12.2. The molecule has 1 atom stereocenters. The van der Waals surface area contributed by atoms with E-state index in [0.717, 1.165) is 5.92 Å². The maximum atomic E-state index is 4.16. The maximum absolute atomic E-state index is 4.16. The normalized spacial score (nSPS) is 20.8. The second-order valence-electron chi connectivity index (χ2n) is 5.31. The van der Waals surface area contributed by atoms with Crippen molar-refractivity contribution < 1.29 is 0 Å². The molecule has 3 rings (SSSR count). The second kappa shape index (κ2) is 5.49. The first kappa shape index (κ1) is 11.7. The van der Waals surface area contributed by atoms with Crippen LogP contribution < -0.4 is 5.32 Å². The number of nitrogens with zero attached hydrogens (tertiary/aromatic N) is 1. The van der Waals surface area contributed by atoms with Gasteiger partial charge in [-0.2, -0.15) is 0 Å². The molecule has 0 spiro atoms. The molecule has 0 bridgehead atoms. The van der Waals surface area contributed by atoms with Crippen LogP contribution in [0.4, 0.5) is 0 Å². The number of rotatable bonds is 2. The van der Waals surface area contributed by atoms with Crippen LogP contribution in [0.2, 0.25) is 0 Å². The molecule has 1 aromatic heterocycles. The maximum Gasteiger partial charge on any atom is 0.0346 e. The SMILES string of the molecule is c1cc2cc(C[C@H]3CCCNCC3)ccc2cn1. The summed E-state index contributed by atoms with van der Waals surface area (Å²) >= 11 is 0. The van der Waals surface area contributed by atoms with Crippen LogP contribution in [-0.4, -0.2) is 18.1 Å². The van der Waals surface area contributed by atoms with Crippen LogP contribution in [0.25, 0.3) is 10.8 Å². The van der Waals surface area contributed by atoms with Gasteiger partial charge in [0.25, 0.3) is 0 Å². The zero-order valence-corrected chi connectivity index (χ0v) is 10.7. The lowest BCUT2D eigenvalue weighted by Gasteiger charge is -2.13. The van der Waals surface area contributed by atoms with E-state index in [-0.39, 0.29) is 0 Å². The van der Waals surface area contributed by atoms with Crippen molar-refractivity contribution in [3.05, 3.63) is 42.2 Å². The third kappa shape index (κ3) is 2.70. The van der Waals surface area contributed by atoms with Crippen molar-refractivity contribution in [2.75, 3.05) is 13.1 Å². The van der Waals surface area contributed by atoms with Gasteiger partial charge in [0.1, 0.15) is 0 Å². The third-order valence-electron chi connectivity index (χ3n) is 3.92. The van der Waals surface area contributed by atoms with Crippen LogP contribution in [-0.2, 0) is 6.42 Å². The van der Waals surface area contributed by atoms with Crippen molar-refractivity contribution in [1.82, 2.24) is 10.3 Å². The minimum atomic E-state index is 0.847. The summed E-state index contributed by atoms with van der Waals surface area (Å²) in [5.41, 5.74) is 1.47. The van der Waals surface area contributed by atoms with Gasteiger partial charge in [-0.05, 0) is 61.7 Å². The van der Waals surface area contributed by atoms with E-state index in [2.05, 4.69) is 34.6 Å². The first-order valence-corrected chi connectivity index (χ1v) is 6.95. The van der Waals surface area contributed by atoms with Crippen LogP contribution in [0.5, 0.6) is 0 Å². The minimum absolute atomic E-state index is 0.847. The first-order chi connectivity index (χ1) is 8.92. The molecule has 94 valence electrons. The van der Waals surface area contributed by atoms with Gasteiger partial charge < -0.3 is 5.32 Å². The summed E-state index contributed by atoms with van der Waals surface area (Å²) in [6, 6.07) is 8.90. The van der Waals surface area contributed by atoms with Gasteiger partial charge in [-0.15, -0.1) is 0 Å². The van der Waals surface area contributed by atoms with Crippen LogP contribution in [0.1, 0.15) is 24.8 Å². The number of hydrogen-bond donors (Lipinski definition) is 1. The van der Waals surface area contributed by atoms with E-state index in [4.69, 9.17) is 0 Å². The summed E-state index contributed by atoms with van der Waals surface area (Å²) in [4.78, 5) is 4.16. The molecule has 1 aliphatic rings. The number of aromatic nitrogens is 1. The standard InChI is InChI=1S/C16H20N2/c1-2-13(5-8-17-7-1)10-14-3-4-16-12-18-9-6-15(16)11-14/h3-4,6,9,11-13,17H,1-2,5,7-8,10H2/t13-/m0/s1. The molecule has 2 nitrogen and oxygen atoms in total. The molecule has 0 aliphatic carbocycles. The lowest BCUT2D eigenvalue weighted by atomic mass is 9.92. The lowest BCUT2D eigenvalue weighted by molar-refractivity contribution is 0.470. The molecule has 1 aliphatic heterocycles. The Kier molecular flexibility index (Phi) is 3.56. The van der Waals surface area contributed by atoms with Gasteiger partial charge in [0.05, 0.1) is 0 Å². The average molecular weight is 240 g/mol. The number of pyridine rings is 1. The van der Waals surface area contributed by atoms with E-state index in [1.54, 1.807) is 0 Å². The van der Waals surface area contributed by atoms with E-state index < -0.39 is 0 Å². The number of fused-ring (bicyclic) bond motifs is 1. The van der Waals surface area contributed by atoms with Gasteiger partial charge in [0, 0.05) is 17.8 Å². The smallest absolute Gasteiger partial charge is 0.0346 e. The summed E-state index contributed by atoms with van der Waals surface area (Å²) in [6.07, 6.45) is 9.04. The summed E-state index contributed by atoms with van der Waals surface area (Å²) in [5.74, 6) is 0.847. The lowest BCUT2D eigenvalue weighted by Crippen LogP contribution is -2.14. The van der Waals surface area contributed by atoms with Gasteiger partial charge in [-0.25, -0.2) is 0 Å². The fourth-order valence-electron chi connectivity index (χ4n) is 2.89. The highest BCUT2D eigenvalue weighted by molar-refractivity contribution is 5.81. The predicted octanol–water partition coefficient (Wildman–Crippen LogP) is 3.17. The largest absolute Gasteiger partial charge is 0.317 e. The van der Waals surface area contributed by atoms with Crippen molar-refractivity contribution in [1.29, 1.82) is 0 Å². The Hall–Kier alpha value is -1.41. The average Bonchev–Trinajstić information content (AvgIpc) is 2.67. The Balaban J connectivity index is 1.77. The molecule has 0 radical (unpaired) electrons. The van der Waals surface area contributed by atoms with Gasteiger partial charge in [0.15, 0.2) is 0 Å². The number of nitrogens with one attached hydrogen (secondary N) is 1. The Morgan fingerprint density at radius 3 is 3.11 bits per heavy atom. The van der Waals surface area contributed by atoms with E-state index in [0.29, 0.717) is 0 Å². The molecule has 1 saturated heterocycles. The van der Waals surface area contributed by atoms with Gasteiger partial charge >= 0.3 is 0 Å². The minimum Gasteiger partial charge on any atom is -0.317 e. The second-order valence-corrected chi connectivity index (χ2v) is 5.31. The Morgan fingerprint density at radius 2 is 2.11 bits per heavy atom. The number of hydrogen-bond acceptors (Lipinski definition) is 2. The summed E-state index contributed by atoms with van der Waals surface area (Å²) in [5, 5.41) is 6.04. The number of benzene rings is 1. The van der Waals surface area contributed by atoms with Crippen LogP contribution in [0.15, 0.2) is 36.7 Å². The first-order valence-electron chi connectivity index (χ1n) is 6.95. The fourth-order valence-corrected chi connectivity index (χ4v) is 2.89. The highest BCUT2D eigenvalue weighted by atomic mass is 14.8. The molecule has 1 fully saturated rings. The molecule has 0 unspecified atom stereocenters. The third-order valence-corrected chi connectivity index (χ3v) is 3.92. The van der Waals surface area contributed by atoms with Crippen molar-refractivity contribution in [3.63, 3.8) is 0 Å². The highest BCUT2D eigenvalue weighted by Crippen LogP contribution is 2.22. The van der Waals surface area contributed by atoms with E-state index in [9.17, 15) is 0 Å². The zero-order valence-electron chi connectivity index (χ0n) is 10.7. The summed E-state index contributed by atoms with van der Waals surface area (Å²) in [7, 11) is 0. The Morgan fingerprint density at radius 1 is 1.11 bits per heavy atom. The Labute approximate surface area is 108 Å². The molecular formula is C16H20N2. The molecule has 2 aromatic rings. The molecule has 0 saturated carbocycles. The molecular weight excluding hydrogens is 220 g/mol. The molecule has 2 heteroatoms. The van der Waals surface area contributed by atoms with E-state index in [1.807, 2.05) is 12.4 Å². The molecule has 0 amide bonds.